The summed E-state index contributed by atoms with van der Waals surface area (Å²) in [4.78, 5) is 31.4. The third kappa shape index (κ3) is 5.20. The predicted molar refractivity (Wildman–Crippen MR) is 123 cm³/mol. The van der Waals surface area contributed by atoms with Crippen LogP contribution in [0.3, 0.4) is 0 Å². The van der Waals surface area contributed by atoms with Crippen LogP contribution in [0.2, 0.25) is 0 Å². The van der Waals surface area contributed by atoms with Gasteiger partial charge in [-0.05, 0) is 38.0 Å². The number of pyridine rings is 1. The molecule has 0 saturated heterocycles. The average molecular weight is 487 g/mol. The molecular weight excluding hydrogens is 462 g/mol. The van der Waals surface area contributed by atoms with Gasteiger partial charge in [0.05, 0.1) is 23.8 Å². The van der Waals surface area contributed by atoms with E-state index in [1.807, 2.05) is 12.1 Å². The molecule has 7 nitrogen and oxygen atoms in total. The lowest BCUT2D eigenvalue weighted by molar-refractivity contribution is -0.139. The van der Waals surface area contributed by atoms with E-state index in [1.165, 1.54) is 11.0 Å². The van der Waals surface area contributed by atoms with E-state index >= 15 is 0 Å². The number of nitrogens with zero attached hydrogens (tertiary/aromatic N) is 3. The average Bonchev–Trinajstić information content (AvgIpc) is 2.82. The minimum Gasteiger partial charge on any atom is -0.463 e. The minimum atomic E-state index is -2.80. The lowest BCUT2D eigenvalue weighted by Crippen LogP contribution is -2.49. The van der Waals surface area contributed by atoms with Gasteiger partial charge in [-0.15, -0.1) is 0 Å². The molecule has 1 aromatic heterocycles. The number of benzene rings is 1. The summed E-state index contributed by atoms with van der Waals surface area (Å²) >= 11 is 1.03. The quantitative estimate of drug-likeness (QED) is 0.421. The lowest BCUT2D eigenvalue weighted by atomic mass is 9.95. The number of hydrogen-bond acceptors (Lipinski definition) is 6. The topological polar surface area (TPSA) is 95.3 Å². The summed E-state index contributed by atoms with van der Waals surface area (Å²) < 4.78 is 32.0. The lowest BCUT2D eigenvalue weighted by Gasteiger charge is -2.36. The third-order valence-electron chi connectivity index (χ3n) is 5.27. The number of carbonyl (C=O) groups excluding carboxylic acids is 2. The molecule has 10 heteroatoms. The van der Waals surface area contributed by atoms with Crippen molar-refractivity contribution in [2.45, 2.75) is 38.3 Å². The summed E-state index contributed by atoms with van der Waals surface area (Å²) in [7, 11) is 0. The second kappa shape index (κ2) is 11.1. The van der Waals surface area contributed by atoms with Gasteiger partial charge in [0, 0.05) is 18.0 Å². The summed E-state index contributed by atoms with van der Waals surface area (Å²) in [5.74, 6) is -0.539. The minimum absolute atomic E-state index is 0.0482. The summed E-state index contributed by atoms with van der Waals surface area (Å²) in [5, 5.41) is 12.5. The monoisotopic (exact) mass is 486 g/mol. The molecule has 1 aromatic carbocycles. The molecule has 3 rings (SSSR count). The van der Waals surface area contributed by atoms with Crippen molar-refractivity contribution in [1.82, 2.24) is 15.2 Å². The molecule has 0 aliphatic carbocycles. The smallest absolute Gasteiger partial charge is 0.338 e. The molecule has 1 N–H and O–H groups in total. The van der Waals surface area contributed by atoms with Crippen LogP contribution < -0.4 is 5.32 Å². The molecule has 0 fully saturated rings. The van der Waals surface area contributed by atoms with Gasteiger partial charge >= 0.3 is 12.0 Å². The molecule has 0 saturated carbocycles. The Balaban J connectivity index is 2.11. The highest BCUT2D eigenvalue weighted by Crippen LogP contribution is 2.35. The summed E-state index contributed by atoms with van der Waals surface area (Å²) in [6, 6.07) is 11.1. The van der Waals surface area contributed by atoms with Crippen molar-refractivity contribution in [3.05, 3.63) is 70.1 Å². The summed E-state index contributed by atoms with van der Waals surface area (Å²) in [6.45, 7) is 5.42. The molecule has 2 aromatic rings. The SMILES string of the molecule is CCOC(=O)C1=C(CSc2nc(C(F)F)cc(C)c2C#N)N(CC)C(=O)N[C@@H]1c1ccccc1. The van der Waals surface area contributed by atoms with Gasteiger partial charge in [-0.1, -0.05) is 42.1 Å². The van der Waals surface area contributed by atoms with Gasteiger partial charge in [-0.3, -0.25) is 4.90 Å². The Morgan fingerprint density at radius 1 is 1.32 bits per heavy atom. The highest BCUT2D eigenvalue weighted by atomic mass is 32.2. The summed E-state index contributed by atoms with van der Waals surface area (Å²) in [5.41, 5.74) is 1.45. The first-order valence-corrected chi connectivity index (χ1v) is 11.7. The number of ether oxygens (including phenoxy) is 1. The number of alkyl halides is 2. The third-order valence-corrected chi connectivity index (χ3v) is 6.25. The Kier molecular flexibility index (Phi) is 8.23. The van der Waals surface area contributed by atoms with Crippen molar-refractivity contribution in [3.63, 3.8) is 0 Å². The van der Waals surface area contributed by atoms with E-state index in [4.69, 9.17) is 4.74 Å². The maximum absolute atomic E-state index is 13.3. The number of aromatic nitrogens is 1. The standard InChI is InChI=1S/C24H24F2N4O3S/c1-4-30-18(13-34-22-16(12-27)14(3)11-17(28-22)21(25)26)19(23(31)33-5-2)20(29-24(30)32)15-9-7-6-8-10-15/h6-11,20-21H,4-5,13H2,1-3H3,(H,29,32)/t20-/m1/s1. The number of nitrogens with one attached hydrogen (secondary N) is 1. The molecule has 2 amide bonds. The Labute approximate surface area is 200 Å². The number of nitriles is 1. The number of amides is 2. The number of urea groups is 1. The Hall–Kier alpha value is -3.45. The number of rotatable bonds is 8. The number of aryl methyl sites for hydroxylation is 1. The zero-order chi connectivity index (χ0) is 24.8. The molecule has 0 radical (unpaired) electrons. The maximum atomic E-state index is 13.3. The van der Waals surface area contributed by atoms with Gasteiger partial charge in [0.15, 0.2) is 0 Å². The fourth-order valence-corrected chi connectivity index (χ4v) is 4.80. The van der Waals surface area contributed by atoms with Gasteiger partial charge in [0.25, 0.3) is 6.43 Å². The highest BCUT2D eigenvalue weighted by Gasteiger charge is 2.37. The molecule has 0 unspecified atom stereocenters. The van der Waals surface area contributed by atoms with E-state index in [1.54, 1.807) is 45.0 Å². The predicted octanol–water partition coefficient (Wildman–Crippen LogP) is 4.90. The number of thioether (sulfide) groups is 1. The number of carbonyl (C=O) groups is 2. The first kappa shape index (κ1) is 25.2. The number of halogens is 2. The first-order valence-electron chi connectivity index (χ1n) is 10.7. The van der Waals surface area contributed by atoms with Crippen molar-refractivity contribution in [1.29, 1.82) is 5.26 Å². The van der Waals surface area contributed by atoms with Gasteiger partial charge in [0.2, 0.25) is 0 Å². The van der Waals surface area contributed by atoms with E-state index in [0.29, 0.717) is 16.8 Å². The summed E-state index contributed by atoms with van der Waals surface area (Å²) in [6.07, 6.45) is -2.80. The zero-order valence-corrected chi connectivity index (χ0v) is 19.8. The molecule has 0 spiro atoms. The van der Waals surface area contributed by atoms with Gasteiger partial charge in [-0.25, -0.2) is 23.4 Å². The van der Waals surface area contributed by atoms with Crippen molar-refractivity contribution in [2.75, 3.05) is 18.9 Å². The highest BCUT2D eigenvalue weighted by molar-refractivity contribution is 7.99. The van der Waals surface area contributed by atoms with Gasteiger partial charge in [-0.2, -0.15) is 5.26 Å². The molecule has 1 aliphatic rings. The van der Waals surface area contributed by atoms with Crippen LogP contribution in [-0.4, -0.2) is 40.8 Å². The van der Waals surface area contributed by atoms with E-state index in [0.717, 1.165) is 11.8 Å². The maximum Gasteiger partial charge on any atom is 0.338 e. The Morgan fingerprint density at radius 2 is 2.03 bits per heavy atom. The first-order chi connectivity index (χ1) is 16.3. The van der Waals surface area contributed by atoms with Crippen molar-refractivity contribution >= 4 is 23.8 Å². The van der Waals surface area contributed by atoms with Crippen LogP contribution in [0.25, 0.3) is 0 Å². The van der Waals surface area contributed by atoms with Gasteiger partial charge in [0.1, 0.15) is 16.8 Å². The normalized spacial score (nSPS) is 15.9. The van der Waals surface area contributed by atoms with Crippen molar-refractivity contribution in [3.8, 4) is 6.07 Å². The number of esters is 1. The zero-order valence-electron chi connectivity index (χ0n) is 19.0. The molecule has 178 valence electrons. The molecule has 1 atom stereocenters. The van der Waals surface area contributed by atoms with Crippen LogP contribution in [0, 0.1) is 18.3 Å². The largest absolute Gasteiger partial charge is 0.463 e. The van der Waals surface area contributed by atoms with Crippen molar-refractivity contribution in [2.24, 2.45) is 0 Å². The molecule has 1 aliphatic heterocycles. The van der Waals surface area contributed by atoms with E-state index in [9.17, 15) is 23.6 Å². The van der Waals surface area contributed by atoms with E-state index in [-0.39, 0.29) is 35.1 Å². The van der Waals surface area contributed by atoms with Crippen molar-refractivity contribution < 1.29 is 23.1 Å². The molecule has 2 heterocycles. The van der Waals surface area contributed by atoms with Gasteiger partial charge < -0.3 is 10.1 Å². The fraction of sp³-hybridized carbons (Fsp3) is 0.333. The second-order valence-corrected chi connectivity index (χ2v) is 8.33. The Bertz CT molecular complexity index is 1150. The molecular formula is C24H24F2N4O3S. The van der Waals surface area contributed by atoms with Crippen LogP contribution in [0.5, 0.6) is 0 Å². The van der Waals surface area contributed by atoms with Crippen LogP contribution in [0.15, 0.2) is 52.7 Å². The van der Waals surface area contributed by atoms with Crippen LogP contribution in [0.4, 0.5) is 13.6 Å². The van der Waals surface area contributed by atoms with E-state index < -0.39 is 30.2 Å². The van der Waals surface area contributed by atoms with Crippen LogP contribution in [0.1, 0.15) is 48.7 Å². The molecule has 34 heavy (non-hydrogen) atoms. The van der Waals surface area contributed by atoms with E-state index in [2.05, 4.69) is 10.3 Å². The van der Waals surface area contributed by atoms with Crippen LogP contribution >= 0.6 is 11.8 Å². The fourth-order valence-electron chi connectivity index (χ4n) is 3.70. The van der Waals surface area contributed by atoms with Crippen LogP contribution in [-0.2, 0) is 9.53 Å². The number of hydrogen-bond donors (Lipinski definition) is 1. The Morgan fingerprint density at radius 3 is 2.62 bits per heavy atom. The molecule has 0 bridgehead atoms. The second-order valence-electron chi connectivity index (χ2n) is 7.36.